The van der Waals surface area contributed by atoms with Crippen LogP contribution in [0, 0.1) is 0 Å². The lowest BCUT2D eigenvalue weighted by Crippen LogP contribution is -2.09. The van der Waals surface area contributed by atoms with E-state index < -0.39 is 0 Å². The van der Waals surface area contributed by atoms with Crippen molar-refractivity contribution >= 4 is 44.8 Å². The second-order valence-corrected chi connectivity index (χ2v) is 8.17. The van der Waals surface area contributed by atoms with Crippen LogP contribution < -0.4 is 4.90 Å². The Bertz CT molecular complexity index is 1020. The van der Waals surface area contributed by atoms with Crippen molar-refractivity contribution in [3.8, 4) is 11.1 Å². The lowest BCUT2D eigenvalue weighted by Gasteiger charge is -2.26. The van der Waals surface area contributed by atoms with Crippen LogP contribution >= 0.6 is 27.7 Å². The average Bonchev–Trinajstić information content (AvgIpc) is 2.75. The molecule has 4 rings (SSSR count). The van der Waals surface area contributed by atoms with Crippen molar-refractivity contribution < 1.29 is 0 Å². The molecule has 0 aromatic heterocycles. The van der Waals surface area contributed by atoms with E-state index in [1.165, 1.54) is 16.0 Å². The van der Waals surface area contributed by atoms with Gasteiger partial charge in [-0.05, 0) is 65.9 Å². The smallest absolute Gasteiger partial charge is 0.0479 e. The molecule has 0 spiro atoms. The van der Waals surface area contributed by atoms with Gasteiger partial charge >= 0.3 is 0 Å². The minimum atomic E-state index is 1.06. The van der Waals surface area contributed by atoms with Crippen molar-refractivity contribution in [3.63, 3.8) is 0 Å². The molecule has 0 aliphatic heterocycles. The first-order valence-corrected chi connectivity index (χ1v) is 11.1. The molecule has 0 saturated carbocycles. The summed E-state index contributed by atoms with van der Waals surface area (Å²) in [5.74, 6) is 0. The van der Waals surface area contributed by atoms with E-state index in [1.54, 1.807) is 11.8 Å². The summed E-state index contributed by atoms with van der Waals surface area (Å²) in [4.78, 5) is 3.56. The van der Waals surface area contributed by atoms with Crippen molar-refractivity contribution in [2.24, 2.45) is 0 Å². The minimum Gasteiger partial charge on any atom is -0.310 e. The molecule has 28 heavy (non-hydrogen) atoms. The van der Waals surface area contributed by atoms with Gasteiger partial charge in [0.25, 0.3) is 0 Å². The highest BCUT2D eigenvalue weighted by Crippen LogP contribution is 2.39. The lowest BCUT2D eigenvalue weighted by molar-refractivity contribution is 1.28. The molecule has 1 nitrogen and oxygen atoms in total. The van der Waals surface area contributed by atoms with Gasteiger partial charge < -0.3 is 4.90 Å². The highest BCUT2D eigenvalue weighted by Gasteiger charge is 2.14. The molecule has 0 saturated heterocycles. The lowest BCUT2D eigenvalue weighted by atomic mass is 10.0. The molecule has 0 radical (unpaired) electrons. The first-order valence-electron chi connectivity index (χ1n) is 9.10. The Morgan fingerprint density at radius 3 is 1.82 bits per heavy atom. The zero-order valence-corrected chi connectivity index (χ0v) is 18.0. The molecule has 0 atom stereocenters. The van der Waals surface area contributed by atoms with E-state index in [0.717, 1.165) is 21.5 Å². The predicted molar refractivity (Wildman–Crippen MR) is 126 cm³/mol. The number of para-hydroxylation sites is 2. The van der Waals surface area contributed by atoms with Crippen LogP contribution in [0.3, 0.4) is 0 Å². The summed E-state index contributed by atoms with van der Waals surface area (Å²) < 4.78 is 1.06. The van der Waals surface area contributed by atoms with Crippen LogP contribution in [0.15, 0.2) is 112 Å². The first kappa shape index (κ1) is 18.9. The highest BCUT2D eigenvalue weighted by molar-refractivity contribution is 9.10. The maximum absolute atomic E-state index is 3.74. The van der Waals surface area contributed by atoms with Crippen LogP contribution in [0.4, 0.5) is 17.1 Å². The third kappa shape index (κ3) is 4.01. The Balaban J connectivity index is 1.89. The van der Waals surface area contributed by atoms with Gasteiger partial charge in [-0.15, -0.1) is 11.8 Å². The monoisotopic (exact) mass is 445 g/mol. The van der Waals surface area contributed by atoms with Crippen LogP contribution in [0.2, 0.25) is 0 Å². The number of nitrogens with zero attached hydrogens (tertiary/aromatic N) is 1. The molecular weight excluding hydrogens is 426 g/mol. The van der Waals surface area contributed by atoms with Gasteiger partial charge in [-0.2, -0.15) is 0 Å². The Morgan fingerprint density at radius 2 is 1.21 bits per heavy atom. The average molecular weight is 446 g/mol. The number of hydrogen-bond donors (Lipinski definition) is 0. The number of hydrogen-bond acceptors (Lipinski definition) is 2. The molecule has 0 amide bonds. The van der Waals surface area contributed by atoms with Crippen molar-refractivity contribution in [1.29, 1.82) is 0 Å². The molecule has 0 fully saturated rings. The first-order chi connectivity index (χ1) is 13.8. The van der Waals surface area contributed by atoms with Gasteiger partial charge in [0.15, 0.2) is 0 Å². The van der Waals surface area contributed by atoms with Gasteiger partial charge in [0.2, 0.25) is 0 Å². The number of benzene rings is 4. The van der Waals surface area contributed by atoms with Crippen LogP contribution in [0.5, 0.6) is 0 Å². The van der Waals surface area contributed by atoms with Gasteiger partial charge in [-0.25, -0.2) is 0 Å². The van der Waals surface area contributed by atoms with Gasteiger partial charge in [0.05, 0.1) is 0 Å². The largest absolute Gasteiger partial charge is 0.310 e. The van der Waals surface area contributed by atoms with E-state index in [4.69, 9.17) is 0 Å². The van der Waals surface area contributed by atoms with Crippen LogP contribution in [-0.2, 0) is 0 Å². The summed E-state index contributed by atoms with van der Waals surface area (Å²) in [7, 11) is 0. The van der Waals surface area contributed by atoms with Crippen molar-refractivity contribution in [1.82, 2.24) is 0 Å². The molecule has 0 N–H and O–H groups in total. The van der Waals surface area contributed by atoms with Crippen LogP contribution in [0.25, 0.3) is 11.1 Å². The Kier molecular flexibility index (Phi) is 5.84. The quantitative estimate of drug-likeness (QED) is 0.284. The number of thioether (sulfide) groups is 1. The second kappa shape index (κ2) is 8.68. The summed E-state index contributed by atoms with van der Waals surface area (Å²) in [6.45, 7) is 0. The molecule has 0 unspecified atom stereocenters. The third-order valence-corrected chi connectivity index (χ3v) is 5.84. The van der Waals surface area contributed by atoms with Crippen LogP contribution in [0.1, 0.15) is 0 Å². The topological polar surface area (TPSA) is 3.24 Å². The standard InChI is InChI=1S/C25H20BrNS/c1-28-25-15-9-8-14-24(25)19-16-20(26)18-23(17-19)27(21-10-4-2-5-11-21)22-12-6-3-7-13-22/h2-18H,1H3. The zero-order chi connectivity index (χ0) is 19.3. The molecule has 4 aromatic carbocycles. The number of anilines is 3. The van der Waals surface area contributed by atoms with Crippen molar-refractivity contribution in [2.45, 2.75) is 4.90 Å². The maximum Gasteiger partial charge on any atom is 0.0479 e. The summed E-state index contributed by atoms with van der Waals surface area (Å²) in [6, 6.07) is 36.1. The van der Waals surface area contributed by atoms with E-state index in [-0.39, 0.29) is 0 Å². The fourth-order valence-corrected chi connectivity index (χ4v) is 4.44. The summed E-state index contributed by atoms with van der Waals surface area (Å²) in [5.41, 5.74) is 5.84. The third-order valence-electron chi connectivity index (χ3n) is 4.59. The van der Waals surface area contributed by atoms with E-state index in [1.807, 2.05) is 12.1 Å². The Hall–Kier alpha value is -2.49. The van der Waals surface area contributed by atoms with Crippen molar-refractivity contribution in [3.05, 3.63) is 108 Å². The van der Waals surface area contributed by atoms with Gasteiger partial charge in [-0.3, -0.25) is 0 Å². The molecular formula is C25H20BrNS. The van der Waals surface area contributed by atoms with E-state index in [0.29, 0.717) is 0 Å². The van der Waals surface area contributed by atoms with Gasteiger partial charge in [0, 0.05) is 26.4 Å². The summed E-state index contributed by atoms with van der Waals surface area (Å²) in [6.07, 6.45) is 2.12. The van der Waals surface area contributed by atoms with Gasteiger partial charge in [-0.1, -0.05) is 70.5 Å². The second-order valence-electron chi connectivity index (χ2n) is 6.40. The fraction of sp³-hybridized carbons (Fsp3) is 0.0400. The van der Waals surface area contributed by atoms with E-state index in [9.17, 15) is 0 Å². The molecule has 0 aliphatic rings. The molecule has 0 aliphatic carbocycles. The zero-order valence-electron chi connectivity index (χ0n) is 15.5. The molecule has 4 aromatic rings. The van der Waals surface area contributed by atoms with E-state index >= 15 is 0 Å². The Morgan fingerprint density at radius 1 is 0.643 bits per heavy atom. The minimum absolute atomic E-state index is 1.06. The van der Waals surface area contributed by atoms with Crippen molar-refractivity contribution in [2.75, 3.05) is 11.2 Å². The van der Waals surface area contributed by atoms with Gasteiger partial charge in [0.1, 0.15) is 0 Å². The molecule has 138 valence electrons. The predicted octanol–water partition coefficient (Wildman–Crippen LogP) is 8.31. The van der Waals surface area contributed by atoms with E-state index in [2.05, 4.69) is 118 Å². The molecule has 0 heterocycles. The maximum atomic E-state index is 3.74. The Labute approximate surface area is 179 Å². The molecule has 3 heteroatoms. The normalized spacial score (nSPS) is 10.6. The summed E-state index contributed by atoms with van der Waals surface area (Å²) >= 11 is 5.51. The number of rotatable bonds is 5. The fourth-order valence-electron chi connectivity index (χ4n) is 3.34. The molecule has 0 bridgehead atoms. The number of halogens is 1. The van der Waals surface area contributed by atoms with Crippen LogP contribution in [-0.4, -0.2) is 6.26 Å². The highest BCUT2D eigenvalue weighted by atomic mass is 79.9. The summed E-state index contributed by atoms with van der Waals surface area (Å²) in [5, 5.41) is 0. The SMILES string of the molecule is CSc1ccccc1-c1cc(Br)cc(N(c2ccccc2)c2ccccc2)c1.